The summed E-state index contributed by atoms with van der Waals surface area (Å²) in [4.78, 5) is 23.7. The third kappa shape index (κ3) is 7.32. The lowest BCUT2D eigenvalue weighted by atomic mass is 10.2. The Bertz CT molecular complexity index is 452. The van der Waals surface area contributed by atoms with Gasteiger partial charge in [-0.05, 0) is 51.2 Å². The summed E-state index contributed by atoms with van der Waals surface area (Å²) in [6.45, 7) is 3.08. The van der Waals surface area contributed by atoms with E-state index in [4.69, 9.17) is 11.6 Å². The third-order valence-corrected chi connectivity index (χ3v) is 3.00. The van der Waals surface area contributed by atoms with E-state index in [9.17, 15) is 9.59 Å². The number of nitrogens with one attached hydrogen (secondary N) is 3. The van der Waals surface area contributed by atoms with Gasteiger partial charge in [0.1, 0.15) is 6.04 Å². The smallest absolute Gasteiger partial charge is 0.251 e. The molecule has 0 aliphatic carbocycles. The minimum absolute atomic E-state index is 0. The normalized spacial score (nSPS) is 11.2. The van der Waals surface area contributed by atoms with Crippen LogP contribution < -0.4 is 16.0 Å². The Balaban J connectivity index is 0.00000400. The van der Waals surface area contributed by atoms with E-state index in [1.54, 1.807) is 31.2 Å². The van der Waals surface area contributed by atoms with Gasteiger partial charge in [0.25, 0.3) is 5.91 Å². The average Bonchev–Trinajstić information content (AvgIpc) is 2.44. The maximum Gasteiger partial charge on any atom is 0.251 e. The first-order valence-electron chi connectivity index (χ1n) is 6.53. The maximum absolute atomic E-state index is 11.9. The van der Waals surface area contributed by atoms with Crippen molar-refractivity contribution in [3.63, 3.8) is 0 Å². The van der Waals surface area contributed by atoms with Crippen molar-refractivity contribution in [2.45, 2.75) is 19.4 Å². The Morgan fingerprint density at radius 2 is 1.81 bits per heavy atom. The fourth-order valence-corrected chi connectivity index (χ4v) is 1.70. The van der Waals surface area contributed by atoms with Gasteiger partial charge in [0.15, 0.2) is 0 Å². The van der Waals surface area contributed by atoms with Crippen LogP contribution in [-0.4, -0.2) is 38.0 Å². The summed E-state index contributed by atoms with van der Waals surface area (Å²) in [6.07, 6.45) is 0.847. The zero-order valence-electron chi connectivity index (χ0n) is 12.1. The van der Waals surface area contributed by atoms with Crippen LogP contribution >= 0.6 is 24.0 Å². The number of amides is 2. The quantitative estimate of drug-likeness (QED) is 0.664. The molecule has 0 aliphatic heterocycles. The third-order valence-electron chi connectivity index (χ3n) is 2.75. The summed E-state index contributed by atoms with van der Waals surface area (Å²) in [5, 5.41) is 8.98. The van der Waals surface area contributed by atoms with Gasteiger partial charge in [-0.1, -0.05) is 11.6 Å². The molecule has 1 atom stereocenters. The Labute approximate surface area is 136 Å². The second-order valence-electron chi connectivity index (χ2n) is 4.45. The van der Waals surface area contributed by atoms with Crippen LogP contribution in [-0.2, 0) is 4.79 Å². The molecule has 1 aromatic carbocycles. The van der Waals surface area contributed by atoms with E-state index in [1.807, 2.05) is 7.05 Å². The van der Waals surface area contributed by atoms with E-state index < -0.39 is 6.04 Å². The highest BCUT2D eigenvalue weighted by atomic mass is 35.5. The highest BCUT2D eigenvalue weighted by molar-refractivity contribution is 6.30. The summed E-state index contributed by atoms with van der Waals surface area (Å²) in [6, 6.07) is 5.94. The van der Waals surface area contributed by atoms with E-state index in [-0.39, 0.29) is 24.2 Å². The van der Waals surface area contributed by atoms with Gasteiger partial charge in [-0.25, -0.2) is 0 Å². The summed E-state index contributed by atoms with van der Waals surface area (Å²) in [5.41, 5.74) is 0.476. The van der Waals surface area contributed by atoms with Crippen molar-refractivity contribution in [1.82, 2.24) is 16.0 Å². The molecule has 3 N–H and O–H groups in total. The molecule has 0 aliphatic rings. The second kappa shape index (κ2) is 10.4. The number of hydrogen-bond acceptors (Lipinski definition) is 3. The van der Waals surface area contributed by atoms with E-state index in [1.165, 1.54) is 0 Å². The van der Waals surface area contributed by atoms with Gasteiger partial charge in [-0.3, -0.25) is 9.59 Å². The lowest BCUT2D eigenvalue weighted by Gasteiger charge is -2.14. The van der Waals surface area contributed by atoms with Gasteiger partial charge in [-0.2, -0.15) is 0 Å². The molecule has 5 nitrogen and oxygen atoms in total. The van der Waals surface area contributed by atoms with Crippen molar-refractivity contribution in [3.8, 4) is 0 Å². The van der Waals surface area contributed by atoms with Gasteiger partial charge in [0.05, 0.1) is 0 Å². The molecule has 2 amide bonds. The number of halogens is 2. The summed E-state index contributed by atoms with van der Waals surface area (Å²) in [7, 11) is 1.86. The molecule has 0 saturated heterocycles. The molecule has 1 unspecified atom stereocenters. The maximum atomic E-state index is 11.9. The van der Waals surface area contributed by atoms with Crippen LogP contribution in [0.15, 0.2) is 24.3 Å². The van der Waals surface area contributed by atoms with Crippen molar-refractivity contribution in [1.29, 1.82) is 0 Å². The zero-order valence-corrected chi connectivity index (χ0v) is 13.7. The topological polar surface area (TPSA) is 70.2 Å². The van der Waals surface area contributed by atoms with E-state index in [2.05, 4.69) is 16.0 Å². The van der Waals surface area contributed by atoms with Crippen molar-refractivity contribution < 1.29 is 9.59 Å². The molecular weight excluding hydrogens is 313 g/mol. The first-order valence-corrected chi connectivity index (χ1v) is 6.91. The molecule has 0 aromatic heterocycles. The molecule has 0 radical (unpaired) electrons. The largest absolute Gasteiger partial charge is 0.354 e. The fraction of sp³-hybridized carbons (Fsp3) is 0.429. The monoisotopic (exact) mass is 333 g/mol. The van der Waals surface area contributed by atoms with E-state index in [0.29, 0.717) is 17.1 Å². The molecule has 118 valence electrons. The Morgan fingerprint density at radius 1 is 1.19 bits per heavy atom. The first kappa shape index (κ1) is 19.7. The van der Waals surface area contributed by atoms with Gasteiger partial charge in [0.2, 0.25) is 5.91 Å². The van der Waals surface area contributed by atoms with Crippen molar-refractivity contribution in [2.24, 2.45) is 0 Å². The zero-order chi connectivity index (χ0) is 15.0. The lowest BCUT2D eigenvalue weighted by molar-refractivity contribution is -0.122. The molecule has 0 fully saturated rings. The molecule has 7 heteroatoms. The Morgan fingerprint density at radius 3 is 2.38 bits per heavy atom. The number of carbonyl (C=O) groups excluding carboxylic acids is 2. The molecule has 0 spiro atoms. The molecule has 21 heavy (non-hydrogen) atoms. The molecule has 1 rings (SSSR count). The molecular formula is C14H21Cl2N3O2. The predicted octanol–water partition coefficient (Wildman–Crippen LogP) is 1.61. The van der Waals surface area contributed by atoms with Crippen LogP contribution in [0.5, 0.6) is 0 Å². The molecule has 0 heterocycles. The van der Waals surface area contributed by atoms with Crippen LogP contribution in [0, 0.1) is 0 Å². The number of rotatable bonds is 7. The van der Waals surface area contributed by atoms with Crippen LogP contribution in [0.2, 0.25) is 5.02 Å². The Hall–Kier alpha value is -1.30. The van der Waals surface area contributed by atoms with Crippen LogP contribution in [0.1, 0.15) is 23.7 Å². The number of benzene rings is 1. The van der Waals surface area contributed by atoms with E-state index >= 15 is 0 Å². The minimum atomic E-state index is -0.576. The van der Waals surface area contributed by atoms with Crippen molar-refractivity contribution >= 4 is 35.8 Å². The predicted molar refractivity (Wildman–Crippen MR) is 87.2 cm³/mol. The second-order valence-corrected chi connectivity index (χ2v) is 4.89. The van der Waals surface area contributed by atoms with E-state index in [0.717, 1.165) is 13.0 Å². The number of hydrogen-bond donors (Lipinski definition) is 3. The highest BCUT2D eigenvalue weighted by Gasteiger charge is 2.15. The van der Waals surface area contributed by atoms with Crippen LogP contribution in [0.4, 0.5) is 0 Å². The molecule has 0 saturated carbocycles. The fourth-order valence-electron chi connectivity index (χ4n) is 1.58. The summed E-state index contributed by atoms with van der Waals surface area (Å²) >= 11 is 5.75. The van der Waals surface area contributed by atoms with Crippen molar-refractivity contribution in [2.75, 3.05) is 20.1 Å². The van der Waals surface area contributed by atoms with Gasteiger partial charge < -0.3 is 16.0 Å². The SMILES string of the molecule is CNCCCNC(=O)C(C)NC(=O)c1ccc(Cl)cc1.Cl. The molecule has 1 aromatic rings. The van der Waals surface area contributed by atoms with Crippen LogP contribution in [0.3, 0.4) is 0 Å². The van der Waals surface area contributed by atoms with Gasteiger partial charge in [0, 0.05) is 17.1 Å². The average molecular weight is 334 g/mol. The highest BCUT2D eigenvalue weighted by Crippen LogP contribution is 2.09. The number of carbonyl (C=O) groups is 2. The summed E-state index contributed by atoms with van der Waals surface area (Å²) in [5.74, 6) is -0.483. The lowest BCUT2D eigenvalue weighted by Crippen LogP contribution is -2.45. The standard InChI is InChI=1S/C14H20ClN3O2.ClH/c1-10(13(19)17-9-3-8-16-2)18-14(20)11-4-6-12(15)7-5-11;/h4-7,10,16H,3,8-9H2,1-2H3,(H,17,19)(H,18,20);1H. The summed E-state index contributed by atoms with van der Waals surface area (Å²) < 4.78 is 0. The minimum Gasteiger partial charge on any atom is -0.354 e. The molecule has 0 bridgehead atoms. The Kier molecular flexibility index (Phi) is 9.78. The van der Waals surface area contributed by atoms with Gasteiger partial charge >= 0.3 is 0 Å². The first-order chi connectivity index (χ1) is 9.54. The van der Waals surface area contributed by atoms with Crippen LogP contribution in [0.25, 0.3) is 0 Å². The van der Waals surface area contributed by atoms with Gasteiger partial charge in [-0.15, -0.1) is 12.4 Å². The van der Waals surface area contributed by atoms with Crippen molar-refractivity contribution in [3.05, 3.63) is 34.9 Å².